The van der Waals surface area contributed by atoms with Crippen LogP contribution < -0.4 is 4.74 Å². The van der Waals surface area contributed by atoms with Gasteiger partial charge in [0.1, 0.15) is 10.6 Å². The molecule has 126 valence electrons. The minimum absolute atomic E-state index is 0.0618. The number of methoxy groups -OCH3 is 1. The van der Waals surface area contributed by atoms with Crippen LogP contribution in [0.25, 0.3) is 0 Å². The van der Waals surface area contributed by atoms with E-state index < -0.39 is 28.3 Å². The predicted molar refractivity (Wildman–Crippen MR) is 67.5 cm³/mol. The Morgan fingerprint density at radius 1 is 1.26 bits per heavy atom. The minimum atomic E-state index is -4.74. The van der Waals surface area contributed by atoms with Crippen LogP contribution in [0, 0.1) is 0 Å². The fraction of sp³-hybridized carbons (Fsp3) is 0.222. The van der Waals surface area contributed by atoms with Crippen LogP contribution in [-0.2, 0) is 24.5 Å². The minimum Gasteiger partial charge on any atom is -0.465 e. The van der Waals surface area contributed by atoms with E-state index in [-0.39, 0.29) is 4.88 Å². The van der Waals surface area contributed by atoms with Crippen LogP contribution in [0.2, 0.25) is 0 Å². The number of nitrogens with zero attached hydrogens (tertiary/aromatic N) is 2. The van der Waals surface area contributed by atoms with Crippen molar-refractivity contribution in [2.24, 2.45) is 8.80 Å². The summed E-state index contributed by atoms with van der Waals surface area (Å²) in [6.45, 7) is 0. The Morgan fingerprint density at radius 2 is 1.78 bits per heavy atom. The Morgan fingerprint density at radius 3 is 2.17 bits per heavy atom. The van der Waals surface area contributed by atoms with Crippen molar-refractivity contribution < 1.29 is 45.4 Å². The number of thiophene rings is 1. The van der Waals surface area contributed by atoms with Crippen LogP contribution in [-0.4, -0.2) is 40.0 Å². The summed E-state index contributed by atoms with van der Waals surface area (Å²) < 4.78 is 67.3. The maximum Gasteiger partial charge on any atom is 0.573 e. The molecule has 9 nitrogen and oxygen atoms in total. The van der Waals surface area contributed by atoms with Gasteiger partial charge in [-0.05, 0) is 0 Å². The van der Waals surface area contributed by atoms with Gasteiger partial charge < -0.3 is 9.47 Å². The summed E-state index contributed by atoms with van der Waals surface area (Å²) in [5.74, 6) is -1.10. The molecule has 14 heteroatoms. The highest BCUT2D eigenvalue weighted by Gasteiger charge is 2.31. The first-order chi connectivity index (χ1) is 10.5. The first kappa shape index (κ1) is 20.5. The van der Waals surface area contributed by atoms with Crippen molar-refractivity contribution in [2.45, 2.75) is 6.36 Å². The molecule has 1 rings (SSSR count). The second-order valence-corrected chi connectivity index (χ2v) is 5.17. The number of hydrogen-bond donors (Lipinski definition) is 0. The maximum absolute atomic E-state index is 11.7. The van der Waals surface area contributed by atoms with Gasteiger partial charge in [-0.25, -0.2) is 14.4 Å². The summed E-state index contributed by atoms with van der Waals surface area (Å²) >= 11 is 0.823. The molecule has 0 aliphatic carbocycles. The van der Waals surface area contributed by atoms with Gasteiger partial charge in [-0.2, -0.15) is 8.42 Å². The van der Waals surface area contributed by atoms with Gasteiger partial charge in [0.25, 0.3) is 12.2 Å². The lowest BCUT2D eigenvalue weighted by Crippen LogP contribution is -2.16. The molecule has 1 heterocycles. The van der Waals surface area contributed by atoms with Crippen LogP contribution in [0.5, 0.6) is 5.75 Å². The third-order valence-electron chi connectivity index (χ3n) is 1.50. The Labute approximate surface area is 130 Å². The fourth-order valence-electron chi connectivity index (χ4n) is 0.828. The van der Waals surface area contributed by atoms with Crippen LogP contribution in [0.4, 0.5) is 13.2 Å². The number of carbonyl (C=O) groups is 1. The van der Waals surface area contributed by atoms with Crippen molar-refractivity contribution in [1.82, 2.24) is 0 Å². The lowest BCUT2D eigenvalue weighted by Gasteiger charge is -2.05. The van der Waals surface area contributed by atoms with Crippen molar-refractivity contribution in [3.05, 3.63) is 16.3 Å². The molecule has 0 bridgehead atoms. The molecule has 0 fully saturated rings. The molecule has 0 atom stereocenters. The van der Waals surface area contributed by atoms with Crippen molar-refractivity contribution in [3.8, 4) is 5.75 Å². The zero-order valence-electron chi connectivity index (χ0n) is 10.9. The molecule has 0 unspecified atom stereocenters. The third-order valence-corrected chi connectivity index (χ3v) is 3.00. The largest absolute Gasteiger partial charge is 0.573 e. The van der Waals surface area contributed by atoms with Gasteiger partial charge in [-0.15, -0.1) is 24.5 Å². The van der Waals surface area contributed by atoms with Gasteiger partial charge >= 0.3 is 22.5 Å². The van der Waals surface area contributed by atoms with Gasteiger partial charge in [0.2, 0.25) is 0 Å². The smallest absolute Gasteiger partial charge is 0.465 e. The van der Waals surface area contributed by atoms with E-state index in [1.54, 1.807) is 0 Å². The monoisotopic (exact) mass is 374 g/mol. The molecule has 23 heavy (non-hydrogen) atoms. The molecule has 0 radical (unpaired) electrons. The Bertz CT molecular complexity index is 719. The van der Waals surface area contributed by atoms with E-state index in [9.17, 15) is 36.0 Å². The highest BCUT2D eigenvalue weighted by Crippen LogP contribution is 2.27. The molecule has 1 aromatic heterocycles. The second-order valence-electron chi connectivity index (χ2n) is 3.00. The molecule has 1 aromatic rings. The van der Waals surface area contributed by atoms with E-state index in [1.807, 2.05) is 0 Å². The van der Waals surface area contributed by atoms with E-state index in [0.29, 0.717) is 12.2 Å². The van der Waals surface area contributed by atoms with Crippen molar-refractivity contribution >= 4 is 39.7 Å². The first-order valence-corrected chi connectivity index (χ1v) is 7.18. The zero-order valence-corrected chi connectivity index (χ0v) is 12.5. The highest BCUT2D eigenvalue weighted by atomic mass is 32.2. The lowest BCUT2D eigenvalue weighted by molar-refractivity contribution is -0.274. The van der Waals surface area contributed by atoms with Crippen LogP contribution in [0.15, 0.2) is 20.2 Å². The molecule has 0 saturated heterocycles. The van der Waals surface area contributed by atoms with Gasteiger partial charge in [0, 0.05) is 11.4 Å². The van der Waals surface area contributed by atoms with E-state index in [4.69, 9.17) is 0 Å². The molecule has 0 aromatic carbocycles. The second kappa shape index (κ2) is 8.80. The predicted octanol–water partition coefficient (Wildman–Crippen LogP) is 1.34. The lowest BCUT2D eigenvalue weighted by atomic mass is 10.4. The summed E-state index contributed by atoms with van der Waals surface area (Å²) in [7, 11) is -3.13. The van der Waals surface area contributed by atoms with Gasteiger partial charge in [0.05, 0.1) is 7.11 Å². The first-order valence-electron chi connectivity index (χ1n) is 4.90. The van der Waals surface area contributed by atoms with E-state index in [2.05, 4.69) is 18.3 Å². The van der Waals surface area contributed by atoms with Gasteiger partial charge in [-0.1, -0.05) is 8.80 Å². The molecule has 0 aliphatic heterocycles. The third kappa shape index (κ3) is 9.16. The van der Waals surface area contributed by atoms with Crippen LogP contribution in [0.1, 0.15) is 9.67 Å². The van der Waals surface area contributed by atoms with E-state index in [1.165, 1.54) is 0 Å². The van der Waals surface area contributed by atoms with Crippen molar-refractivity contribution in [3.63, 3.8) is 0 Å². The molecule has 0 saturated carbocycles. The molecule has 0 spiro atoms. The van der Waals surface area contributed by atoms with E-state index in [0.717, 1.165) is 29.9 Å². The summed E-state index contributed by atoms with van der Waals surface area (Å²) in [6.07, 6.45) is -3.33. The zero-order chi connectivity index (χ0) is 18.1. The fourth-order valence-corrected chi connectivity index (χ4v) is 1.78. The SMILES string of the molecule is COC(=O)c1cc(OC(F)(F)F)cs1.O=C=NS(=O)(=O)N=C=O. The van der Waals surface area contributed by atoms with Gasteiger partial charge in [0.15, 0.2) is 0 Å². The average Bonchev–Trinajstić information content (AvgIpc) is 2.84. The maximum atomic E-state index is 11.7. The Kier molecular flexibility index (Phi) is 7.83. The Hall–Kier alpha value is -2.53. The quantitative estimate of drug-likeness (QED) is 0.442. The molecular weight excluding hydrogens is 369 g/mol. The number of rotatable bonds is 4. The number of ether oxygens (including phenoxy) is 2. The highest BCUT2D eigenvalue weighted by molar-refractivity contribution is 7.89. The number of halogens is 3. The number of hydrogen-bond acceptors (Lipinski definition) is 8. The standard InChI is InChI=1S/C7H5F3O3S.C2N2O4S/c1-12-6(11)5-2-4(3-14-5)13-7(8,9)10;5-1-3-9(7,8)4-2-6/h2-3H,1H3;. The summed E-state index contributed by atoms with van der Waals surface area (Å²) in [5.41, 5.74) is 0. The average molecular weight is 374 g/mol. The Balaban J connectivity index is 0.000000468. The number of isocyanates is 2. The molecule has 0 aliphatic rings. The summed E-state index contributed by atoms with van der Waals surface area (Å²) in [5, 5.41) is 1.08. The van der Waals surface area contributed by atoms with Crippen molar-refractivity contribution in [1.29, 1.82) is 0 Å². The van der Waals surface area contributed by atoms with Crippen LogP contribution >= 0.6 is 11.3 Å². The topological polar surface area (TPSA) is 129 Å². The van der Waals surface area contributed by atoms with Gasteiger partial charge in [-0.3, -0.25) is 0 Å². The summed E-state index contributed by atoms with van der Waals surface area (Å²) in [6, 6.07) is 0.976. The molecular formula is C9H5F3N2O7S2. The van der Waals surface area contributed by atoms with Crippen molar-refractivity contribution in [2.75, 3.05) is 7.11 Å². The number of alkyl halides is 3. The normalized spacial score (nSPS) is 10.3. The molecule has 0 amide bonds. The van der Waals surface area contributed by atoms with Crippen LogP contribution in [0.3, 0.4) is 0 Å². The van der Waals surface area contributed by atoms with E-state index >= 15 is 0 Å². The number of esters is 1. The number of carbonyl (C=O) groups excluding carboxylic acids is 3. The molecule has 0 N–H and O–H groups in total. The summed E-state index contributed by atoms with van der Waals surface area (Å²) in [4.78, 5) is 29.4.